The van der Waals surface area contributed by atoms with Gasteiger partial charge >= 0.3 is 0 Å². The first kappa shape index (κ1) is 19.9. The first-order valence-electron chi connectivity index (χ1n) is 11.1. The van der Waals surface area contributed by atoms with Crippen LogP contribution in [-0.4, -0.2) is 41.2 Å². The Morgan fingerprint density at radius 3 is 2.38 bits per heavy atom. The van der Waals surface area contributed by atoms with E-state index in [1.165, 1.54) is 6.42 Å². The molecule has 0 bridgehead atoms. The zero-order chi connectivity index (χ0) is 20.2. The highest BCUT2D eigenvalue weighted by atomic mass is 16.2. The third-order valence-electron chi connectivity index (χ3n) is 6.66. The van der Waals surface area contributed by atoms with E-state index in [2.05, 4.69) is 10.6 Å². The van der Waals surface area contributed by atoms with Crippen LogP contribution in [0.3, 0.4) is 0 Å². The maximum absolute atomic E-state index is 12.9. The molecule has 1 aromatic rings. The lowest BCUT2D eigenvalue weighted by Gasteiger charge is -2.24. The molecule has 1 aliphatic heterocycles. The van der Waals surface area contributed by atoms with Crippen LogP contribution in [0.4, 0.5) is 5.69 Å². The van der Waals surface area contributed by atoms with Crippen molar-refractivity contribution in [2.24, 2.45) is 5.92 Å². The maximum Gasteiger partial charge on any atom is 0.253 e. The van der Waals surface area contributed by atoms with Gasteiger partial charge in [0.05, 0.1) is 17.2 Å². The standard InChI is InChI=1S/C23H31N3O3/c27-21-14-16(15-26(21)18-10-4-5-11-18)22(28)25-20-13-7-6-12-19(20)23(29)24-17-8-2-1-3-9-17/h6-7,12-13,16-18H,1-5,8-11,14-15H2,(H,24,29)(H,25,28)/t16-/m1/s1. The first-order valence-corrected chi connectivity index (χ1v) is 11.1. The summed E-state index contributed by atoms with van der Waals surface area (Å²) in [4.78, 5) is 40.0. The predicted molar refractivity (Wildman–Crippen MR) is 111 cm³/mol. The molecule has 1 heterocycles. The number of amides is 3. The van der Waals surface area contributed by atoms with Gasteiger partial charge in [0.25, 0.3) is 5.91 Å². The molecule has 156 valence electrons. The summed E-state index contributed by atoms with van der Waals surface area (Å²) in [6.07, 6.45) is 10.2. The quantitative estimate of drug-likeness (QED) is 0.798. The fourth-order valence-corrected chi connectivity index (χ4v) is 5.01. The van der Waals surface area contributed by atoms with Crippen LogP contribution in [0, 0.1) is 5.92 Å². The second-order valence-corrected chi connectivity index (χ2v) is 8.73. The third kappa shape index (κ3) is 4.62. The molecule has 0 spiro atoms. The number of rotatable bonds is 5. The number of nitrogens with one attached hydrogen (secondary N) is 2. The van der Waals surface area contributed by atoms with Crippen molar-refractivity contribution in [2.45, 2.75) is 76.3 Å². The lowest BCUT2D eigenvalue weighted by atomic mass is 9.95. The molecule has 0 aromatic heterocycles. The molecule has 6 heteroatoms. The molecule has 4 rings (SSSR count). The van der Waals surface area contributed by atoms with Crippen LogP contribution in [0.5, 0.6) is 0 Å². The van der Waals surface area contributed by atoms with Crippen LogP contribution in [0.1, 0.15) is 74.6 Å². The highest BCUT2D eigenvalue weighted by molar-refractivity contribution is 6.05. The predicted octanol–water partition coefficient (Wildman–Crippen LogP) is 3.48. The zero-order valence-corrected chi connectivity index (χ0v) is 17.0. The van der Waals surface area contributed by atoms with Gasteiger partial charge in [-0.3, -0.25) is 14.4 Å². The van der Waals surface area contributed by atoms with Crippen molar-refractivity contribution in [1.82, 2.24) is 10.2 Å². The summed E-state index contributed by atoms with van der Waals surface area (Å²) < 4.78 is 0. The summed E-state index contributed by atoms with van der Waals surface area (Å²) in [6, 6.07) is 7.66. The summed E-state index contributed by atoms with van der Waals surface area (Å²) in [7, 11) is 0. The number of carbonyl (C=O) groups is 3. The topological polar surface area (TPSA) is 78.5 Å². The number of anilines is 1. The minimum absolute atomic E-state index is 0.0837. The summed E-state index contributed by atoms with van der Waals surface area (Å²) in [6.45, 7) is 0.492. The van der Waals surface area contributed by atoms with Crippen LogP contribution < -0.4 is 10.6 Å². The Morgan fingerprint density at radius 2 is 1.62 bits per heavy atom. The van der Waals surface area contributed by atoms with Crippen LogP contribution >= 0.6 is 0 Å². The van der Waals surface area contributed by atoms with Crippen molar-refractivity contribution in [1.29, 1.82) is 0 Å². The van der Waals surface area contributed by atoms with Crippen molar-refractivity contribution in [3.8, 4) is 0 Å². The van der Waals surface area contributed by atoms with E-state index in [-0.39, 0.29) is 36.1 Å². The molecule has 2 aliphatic carbocycles. The van der Waals surface area contributed by atoms with E-state index in [0.717, 1.165) is 51.4 Å². The second kappa shape index (κ2) is 8.97. The summed E-state index contributed by atoms with van der Waals surface area (Å²) in [5.74, 6) is -0.572. The lowest BCUT2D eigenvalue weighted by molar-refractivity contribution is -0.129. The van der Waals surface area contributed by atoms with Crippen molar-refractivity contribution in [3.63, 3.8) is 0 Å². The molecular weight excluding hydrogens is 366 g/mol. The molecule has 2 saturated carbocycles. The number of carbonyl (C=O) groups excluding carboxylic acids is 3. The summed E-state index contributed by atoms with van der Waals surface area (Å²) in [5.41, 5.74) is 1.01. The summed E-state index contributed by atoms with van der Waals surface area (Å²) >= 11 is 0. The van der Waals surface area contributed by atoms with Gasteiger partial charge < -0.3 is 15.5 Å². The van der Waals surface area contributed by atoms with Gasteiger partial charge in [0.1, 0.15) is 0 Å². The zero-order valence-electron chi connectivity index (χ0n) is 17.0. The first-order chi connectivity index (χ1) is 14.1. The Hall–Kier alpha value is -2.37. The van der Waals surface area contributed by atoms with E-state index in [1.807, 2.05) is 17.0 Å². The molecule has 0 unspecified atom stereocenters. The fraction of sp³-hybridized carbons (Fsp3) is 0.609. The van der Waals surface area contributed by atoms with Crippen molar-refractivity contribution >= 4 is 23.4 Å². The highest BCUT2D eigenvalue weighted by Crippen LogP contribution is 2.30. The molecule has 29 heavy (non-hydrogen) atoms. The number of nitrogens with zero attached hydrogens (tertiary/aromatic N) is 1. The molecular formula is C23H31N3O3. The van der Waals surface area contributed by atoms with Crippen LogP contribution in [0.15, 0.2) is 24.3 Å². The monoisotopic (exact) mass is 397 g/mol. The van der Waals surface area contributed by atoms with Crippen molar-refractivity contribution in [2.75, 3.05) is 11.9 Å². The smallest absolute Gasteiger partial charge is 0.253 e. The third-order valence-corrected chi connectivity index (χ3v) is 6.66. The Balaban J connectivity index is 1.39. The minimum Gasteiger partial charge on any atom is -0.349 e. The van der Waals surface area contributed by atoms with Gasteiger partial charge in [-0.1, -0.05) is 44.2 Å². The maximum atomic E-state index is 12.9. The largest absolute Gasteiger partial charge is 0.349 e. The molecule has 0 radical (unpaired) electrons. The average Bonchev–Trinajstić information content (AvgIpc) is 3.38. The minimum atomic E-state index is -0.349. The Morgan fingerprint density at radius 1 is 0.931 bits per heavy atom. The number of hydrogen-bond acceptors (Lipinski definition) is 3. The van der Waals surface area contributed by atoms with E-state index in [1.54, 1.807) is 12.1 Å². The van der Waals surface area contributed by atoms with Gasteiger partial charge in [-0.15, -0.1) is 0 Å². The number of para-hydroxylation sites is 1. The molecule has 1 aromatic carbocycles. The lowest BCUT2D eigenvalue weighted by Crippen LogP contribution is -2.37. The van der Waals surface area contributed by atoms with Gasteiger partial charge in [-0.2, -0.15) is 0 Å². The van der Waals surface area contributed by atoms with Crippen LogP contribution in [0.2, 0.25) is 0 Å². The number of likely N-dealkylation sites (tertiary alicyclic amines) is 1. The Kier molecular flexibility index (Phi) is 6.16. The fourth-order valence-electron chi connectivity index (χ4n) is 5.01. The molecule has 6 nitrogen and oxygen atoms in total. The van der Waals surface area contributed by atoms with Gasteiger partial charge in [-0.05, 0) is 37.8 Å². The molecule has 2 N–H and O–H groups in total. The van der Waals surface area contributed by atoms with Crippen LogP contribution in [0.25, 0.3) is 0 Å². The molecule has 1 saturated heterocycles. The van der Waals surface area contributed by atoms with Gasteiger partial charge in [0, 0.05) is 25.0 Å². The number of benzene rings is 1. The molecule has 1 atom stereocenters. The normalized spacial score (nSPS) is 23.4. The van der Waals surface area contributed by atoms with E-state index in [0.29, 0.717) is 23.8 Å². The van der Waals surface area contributed by atoms with E-state index in [9.17, 15) is 14.4 Å². The van der Waals surface area contributed by atoms with Gasteiger partial charge in [-0.25, -0.2) is 0 Å². The van der Waals surface area contributed by atoms with Gasteiger partial charge in [0.2, 0.25) is 11.8 Å². The van der Waals surface area contributed by atoms with Crippen molar-refractivity contribution in [3.05, 3.63) is 29.8 Å². The van der Waals surface area contributed by atoms with E-state index >= 15 is 0 Å². The average molecular weight is 398 g/mol. The van der Waals surface area contributed by atoms with E-state index < -0.39 is 0 Å². The molecule has 3 aliphatic rings. The van der Waals surface area contributed by atoms with Gasteiger partial charge in [0.15, 0.2) is 0 Å². The van der Waals surface area contributed by atoms with E-state index in [4.69, 9.17) is 0 Å². The highest BCUT2D eigenvalue weighted by Gasteiger charge is 2.38. The van der Waals surface area contributed by atoms with Crippen LogP contribution in [-0.2, 0) is 9.59 Å². The Bertz CT molecular complexity index is 766. The number of hydrogen-bond donors (Lipinski definition) is 2. The molecule has 3 fully saturated rings. The second-order valence-electron chi connectivity index (χ2n) is 8.73. The SMILES string of the molecule is O=C(NC1CCCCC1)c1ccccc1NC(=O)[C@@H]1CC(=O)N(C2CCCC2)C1. The Labute approximate surface area is 172 Å². The summed E-state index contributed by atoms with van der Waals surface area (Å²) in [5, 5.41) is 6.04. The van der Waals surface area contributed by atoms with Crippen molar-refractivity contribution < 1.29 is 14.4 Å². The molecule has 3 amide bonds.